The van der Waals surface area contributed by atoms with Crippen molar-refractivity contribution in [1.82, 2.24) is 19.6 Å². The highest BCUT2D eigenvalue weighted by atomic mass is 32.2. The van der Waals surface area contributed by atoms with E-state index in [-0.39, 0.29) is 11.7 Å². The van der Waals surface area contributed by atoms with Crippen LogP contribution in [0.2, 0.25) is 0 Å². The van der Waals surface area contributed by atoms with Crippen LogP contribution in [-0.2, 0) is 4.79 Å². The third-order valence-electron chi connectivity index (χ3n) is 4.10. The van der Waals surface area contributed by atoms with Gasteiger partial charge in [-0.05, 0) is 31.2 Å². The number of nitrogens with zero attached hydrogens (tertiary/aromatic N) is 5. The van der Waals surface area contributed by atoms with Crippen molar-refractivity contribution >= 4 is 39.9 Å². The van der Waals surface area contributed by atoms with Crippen LogP contribution in [0, 0.1) is 6.92 Å². The van der Waals surface area contributed by atoms with E-state index in [1.54, 1.807) is 16.5 Å². The number of fused-ring (bicyclic) bond motifs is 3. The highest BCUT2D eigenvalue weighted by molar-refractivity contribution is 7.99. The van der Waals surface area contributed by atoms with Gasteiger partial charge in [-0.1, -0.05) is 42.1 Å². The Balaban J connectivity index is 1.63. The smallest absolute Gasteiger partial charge is 0.237 e. The van der Waals surface area contributed by atoms with E-state index in [1.807, 2.05) is 61.5 Å². The first-order valence-corrected chi connectivity index (χ1v) is 9.18. The summed E-state index contributed by atoms with van der Waals surface area (Å²) in [5.41, 5.74) is 2.48. The highest BCUT2D eigenvalue weighted by Gasteiger charge is 2.16. The van der Waals surface area contributed by atoms with E-state index in [1.165, 1.54) is 11.8 Å². The predicted octanol–water partition coefficient (Wildman–Crippen LogP) is 3.34. The van der Waals surface area contributed by atoms with E-state index in [2.05, 4.69) is 15.1 Å². The van der Waals surface area contributed by atoms with Crippen LogP contribution in [0.25, 0.3) is 16.6 Å². The number of aromatic nitrogens is 4. The van der Waals surface area contributed by atoms with E-state index in [0.717, 1.165) is 22.2 Å². The molecule has 0 unspecified atom stereocenters. The van der Waals surface area contributed by atoms with E-state index in [4.69, 9.17) is 0 Å². The molecule has 0 aliphatic carbocycles. The summed E-state index contributed by atoms with van der Waals surface area (Å²) in [4.78, 5) is 23.4. The molecule has 0 aliphatic rings. The number of rotatable bonds is 4. The molecule has 4 rings (SSSR count). The first-order chi connectivity index (χ1) is 12.6. The SMILES string of the molecule is Cc1nc2c3ccccc3nc(SCC(=O)N(C)c3ccccc3)n2n1. The second kappa shape index (κ2) is 6.76. The summed E-state index contributed by atoms with van der Waals surface area (Å²) in [6.45, 7) is 1.85. The van der Waals surface area contributed by atoms with Crippen LogP contribution in [0.3, 0.4) is 0 Å². The lowest BCUT2D eigenvalue weighted by Gasteiger charge is -2.16. The Hall–Kier alpha value is -2.93. The molecule has 0 fully saturated rings. The van der Waals surface area contributed by atoms with Gasteiger partial charge in [0.15, 0.2) is 10.8 Å². The Kier molecular flexibility index (Phi) is 4.30. The van der Waals surface area contributed by atoms with Crippen LogP contribution in [0.4, 0.5) is 5.69 Å². The number of hydrogen-bond acceptors (Lipinski definition) is 5. The fourth-order valence-electron chi connectivity index (χ4n) is 2.75. The number of anilines is 1. The average molecular weight is 363 g/mol. The van der Waals surface area contributed by atoms with Gasteiger partial charge in [0.1, 0.15) is 5.82 Å². The molecule has 4 aromatic rings. The van der Waals surface area contributed by atoms with Crippen LogP contribution >= 0.6 is 11.8 Å². The monoisotopic (exact) mass is 363 g/mol. The number of hydrogen-bond donors (Lipinski definition) is 0. The maximum atomic E-state index is 12.6. The van der Waals surface area contributed by atoms with Crippen LogP contribution in [0.1, 0.15) is 5.82 Å². The Morgan fingerprint density at radius 3 is 2.62 bits per heavy atom. The van der Waals surface area contributed by atoms with Crippen LogP contribution in [0.15, 0.2) is 59.8 Å². The highest BCUT2D eigenvalue weighted by Crippen LogP contribution is 2.24. The molecule has 0 N–H and O–H groups in total. The summed E-state index contributed by atoms with van der Waals surface area (Å²) >= 11 is 1.37. The number of benzene rings is 2. The summed E-state index contributed by atoms with van der Waals surface area (Å²) in [6, 6.07) is 17.4. The van der Waals surface area contributed by atoms with Gasteiger partial charge in [0.25, 0.3) is 0 Å². The summed E-state index contributed by atoms with van der Waals surface area (Å²) in [7, 11) is 1.78. The zero-order valence-electron chi connectivity index (χ0n) is 14.5. The van der Waals surface area contributed by atoms with Crippen molar-refractivity contribution in [2.45, 2.75) is 12.1 Å². The third-order valence-corrected chi connectivity index (χ3v) is 5.01. The largest absolute Gasteiger partial charge is 0.315 e. The van der Waals surface area contributed by atoms with E-state index in [0.29, 0.717) is 11.0 Å². The Morgan fingerprint density at radius 1 is 1.08 bits per heavy atom. The van der Waals surface area contributed by atoms with Crippen molar-refractivity contribution in [3.05, 3.63) is 60.4 Å². The first kappa shape index (κ1) is 16.5. The molecule has 0 bridgehead atoms. The molecular formula is C19H17N5OS. The number of carbonyl (C=O) groups excluding carboxylic acids is 1. The van der Waals surface area contributed by atoms with Gasteiger partial charge >= 0.3 is 0 Å². The van der Waals surface area contributed by atoms with E-state index >= 15 is 0 Å². The molecule has 130 valence electrons. The van der Waals surface area contributed by atoms with Crippen LogP contribution in [0.5, 0.6) is 0 Å². The quantitative estimate of drug-likeness (QED) is 0.411. The summed E-state index contributed by atoms with van der Waals surface area (Å²) in [6.07, 6.45) is 0. The molecule has 2 aromatic heterocycles. The number of para-hydroxylation sites is 2. The molecule has 1 amide bonds. The lowest BCUT2D eigenvalue weighted by atomic mass is 10.2. The number of carbonyl (C=O) groups is 1. The lowest BCUT2D eigenvalue weighted by Crippen LogP contribution is -2.28. The number of amides is 1. The van der Waals surface area contributed by atoms with Gasteiger partial charge in [0, 0.05) is 18.1 Å². The molecule has 0 saturated heterocycles. The van der Waals surface area contributed by atoms with Gasteiger partial charge in [-0.25, -0.2) is 9.97 Å². The molecule has 0 saturated carbocycles. The summed E-state index contributed by atoms with van der Waals surface area (Å²) < 4.78 is 1.72. The lowest BCUT2D eigenvalue weighted by molar-refractivity contribution is -0.115. The van der Waals surface area contributed by atoms with Crippen molar-refractivity contribution in [3.63, 3.8) is 0 Å². The number of aryl methyl sites for hydroxylation is 1. The van der Waals surface area contributed by atoms with Crippen molar-refractivity contribution in [2.24, 2.45) is 0 Å². The maximum absolute atomic E-state index is 12.6. The van der Waals surface area contributed by atoms with E-state index in [9.17, 15) is 4.79 Å². The molecule has 2 aromatic carbocycles. The summed E-state index contributed by atoms with van der Waals surface area (Å²) in [5.74, 6) is 0.948. The van der Waals surface area contributed by atoms with Gasteiger partial charge < -0.3 is 4.90 Å². The predicted molar refractivity (Wildman–Crippen MR) is 104 cm³/mol. The van der Waals surface area contributed by atoms with Gasteiger partial charge in [0.05, 0.1) is 11.3 Å². The molecule has 2 heterocycles. The molecule has 0 atom stereocenters. The first-order valence-electron chi connectivity index (χ1n) is 8.20. The van der Waals surface area contributed by atoms with Crippen molar-refractivity contribution < 1.29 is 4.79 Å². The minimum absolute atomic E-state index is 0.00106. The van der Waals surface area contributed by atoms with Gasteiger partial charge in [-0.3, -0.25) is 4.79 Å². The van der Waals surface area contributed by atoms with Crippen LogP contribution < -0.4 is 4.90 Å². The molecule has 0 spiro atoms. The van der Waals surface area contributed by atoms with Crippen LogP contribution in [-0.4, -0.2) is 38.3 Å². The number of thioether (sulfide) groups is 1. The Bertz CT molecular complexity index is 1090. The summed E-state index contributed by atoms with van der Waals surface area (Å²) in [5, 5.41) is 6.05. The Morgan fingerprint density at radius 2 is 1.81 bits per heavy atom. The van der Waals surface area contributed by atoms with Crippen molar-refractivity contribution in [3.8, 4) is 0 Å². The van der Waals surface area contributed by atoms with Gasteiger partial charge in [-0.2, -0.15) is 4.52 Å². The minimum atomic E-state index is 0.00106. The van der Waals surface area contributed by atoms with E-state index < -0.39 is 0 Å². The van der Waals surface area contributed by atoms with Gasteiger partial charge in [-0.15, -0.1) is 5.10 Å². The average Bonchev–Trinajstić information content (AvgIpc) is 3.08. The Labute approximate surface area is 154 Å². The minimum Gasteiger partial charge on any atom is -0.315 e. The topological polar surface area (TPSA) is 63.4 Å². The third kappa shape index (κ3) is 3.01. The fraction of sp³-hybridized carbons (Fsp3) is 0.158. The zero-order valence-corrected chi connectivity index (χ0v) is 15.3. The maximum Gasteiger partial charge on any atom is 0.237 e. The fourth-order valence-corrected chi connectivity index (χ4v) is 3.60. The zero-order chi connectivity index (χ0) is 18.1. The molecule has 0 aliphatic heterocycles. The van der Waals surface area contributed by atoms with Crippen molar-refractivity contribution in [1.29, 1.82) is 0 Å². The second-order valence-corrected chi connectivity index (χ2v) is 6.83. The standard InChI is InChI=1S/C19H17N5OS/c1-13-20-18-15-10-6-7-11-16(15)21-19(24(18)22-13)26-12-17(25)23(2)14-8-4-3-5-9-14/h3-11H,12H2,1-2H3. The van der Waals surface area contributed by atoms with Crippen molar-refractivity contribution in [2.75, 3.05) is 17.7 Å². The molecule has 26 heavy (non-hydrogen) atoms. The second-order valence-electron chi connectivity index (χ2n) is 5.88. The molecular weight excluding hydrogens is 346 g/mol. The molecule has 6 nitrogen and oxygen atoms in total. The normalized spacial score (nSPS) is 11.2. The molecule has 0 radical (unpaired) electrons. The molecule has 7 heteroatoms. The van der Waals surface area contributed by atoms with Gasteiger partial charge in [0.2, 0.25) is 5.91 Å².